The van der Waals surface area contributed by atoms with Crippen LogP contribution in [0.15, 0.2) is 29.3 Å². The van der Waals surface area contributed by atoms with Crippen LogP contribution in [0.4, 0.5) is 4.39 Å². The van der Waals surface area contributed by atoms with Crippen LogP contribution in [-0.4, -0.2) is 39.8 Å². The Morgan fingerprint density at radius 2 is 1.87 bits per heavy atom. The lowest BCUT2D eigenvalue weighted by Crippen LogP contribution is -2.45. The van der Waals surface area contributed by atoms with Crippen LogP contribution in [0, 0.1) is 5.82 Å². The molecule has 1 aliphatic carbocycles. The van der Waals surface area contributed by atoms with Crippen LogP contribution >= 0.6 is 24.0 Å². The van der Waals surface area contributed by atoms with E-state index in [9.17, 15) is 4.39 Å². The average molecular weight is 435 g/mol. The van der Waals surface area contributed by atoms with Crippen LogP contribution in [0.2, 0.25) is 0 Å². The molecule has 4 nitrogen and oxygen atoms in total. The summed E-state index contributed by atoms with van der Waals surface area (Å²) in [5.74, 6) is 0.604. The van der Waals surface area contributed by atoms with Gasteiger partial charge in [-0.3, -0.25) is 4.99 Å². The molecule has 0 aliphatic heterocycles. The summed E-state index contributed by atoms with van der Waals surface area (Å²) in [6.45, 7) is 2.18. The number of ether oxygens (including phenoxy) is 1. The van der Waals surface area contributed by atoms with E-state index in [1.54, 1.807) is 26.3 Å². The minimum Gasteiger partial charge on any atom is -0.383 e. The summed E-state index contributed by atoms with van der Waals surface area (Å²) in [5, 5.41) is 6.64. The topological polar surface area (TPSA) is 45.7 Å². The zero-order valence-electron chi connectivity index (χ0n) is 13.9. The van der Waals surface area contributed by atoms with Crippen LogP contribution in [0.1, 0.15) is 31.2 Å². The smallest absolute Gasteiger partial charge is 0.191 e. The van der Waals surface area contributed by atoms with Gasteiger partial charge < -0.3 is 15.4 Å². The second-order valence-corrected chi connectivity index (χ2v) is 5.84. The number of halogens is 2. The van der Waals surface area contributed by atoms with E-state index in [0.29, 0.717) is 6.61 Å². The monoisotopic (exact) mass is 435 g/mol. The van der Waals surface area contributed by atoms with Crippen molar-refractivity contribution in [3.8, 4) is 0 Å². The summed E-state index contributed by atoms with van der Waals surface area (Å²) in [4.78, 5) is 4.24. The Kier molecular flexibility index (Phi) is 8.83. The molecule has 0 amide bonds. The third-order valence-electron chi connectivity index (χ3n) is 4.43. The molecule has 0 spiro atoms. The van der Waals surface area contributed by atoms with Gasteiger partial charge in [0.2, 0.25) is 0 Å². The average Bonchev–Trinajstić information content (AvgIpc) is 3.01. The molecule has 0 saturated heterocycles. The number of hydrogen-bond donors (Lipinski definition) is 2. The van der Waals surface area contributed by atoms with Gasteiger partial charge in [0.25, 0.3) is 0 Å². The van der Waals surface area contributed by atoms with Crippen LogP contribution < -0.4 is 10.6 Å². The van der Waals surface area contributed by atoms with Gasteiger partial charge in [0.05, 0.1) is 6.61 Å². The summed E-state index contributed by atoms with van der Waals surface area (Å²) >= 11 is 0. The SMILES string of the molecule is CN=C(NCCOC)NCC1(c2ccc(F)cc2)CCCC1.I. The molecular weight excluding hydrogens is 408 g/mol. The fourth-order valence-electron chi connectivity index (χ4n) is 3.17. The maximum absolute atomic E-state index is 13.2. The zero-order valence-corrected chi connectivity index (χ0v) is 16.2. The molecule has 0 bridgehead atoms. The number of guanidine groups is 1. The van der Waals surface area contributed by atoms with E-state index in [0.717, 1.165) is 31.9 Å². The Bertz CT molecular complexity index is 487. The molecule has 6 heteroatoms. The van der Waals surface area contributed by atoms with Gasteiger partial charge in [-0.25, -0.2) is 4.39 Å². The normalized spacial score (nSPS) is 16.7. The Balaban J connectivity index is 0.00000264. The Morgan fingerprint density at radius 1 is 1.22 bits per heavy atom. The second kappa shape index (κ2) is 10.1. The molecule has 0 radical (unpaired) electrons. The number of nitrogens with zero attached hydrogens (tertiary/aromatic N) is 1. The molecule has 0 heterocycles. The summed E-state index contributed by atoms with van der Waals surface area (Å²) in [6.07, 6.45) is 4.69. The van der Waals surface area contributed by atoms with Crippen molar-refractivity contribution >= 4 is 29.9 Å². The van der Waals surface area contributed by atoms with Gasteiger partial charge >= 0.3 is 0 Å². The van der Waals surface area contributed by atoms with Crippen molar-refractivity contribution < 1.29 is 9.13 Å². The number of benzene rings is 1. The molecule has 0 aromatic heterocycles. The van der Waals surface area contributed by atoms with E-state index < -0.39 is 0 Å². The molecule has 1 aliphatic rings. The fourth-order valence-corrected chi connectivity index (χ4v) is 3.17. The minimum atomic E-state index is -0.179. The lowest BCUT2D eigenvalue weighted by Gasteiger charge is -2.30. The van der Waals surface area contributed by atoms with Crippen LogP contribution in [0.25, 0.3) is 0 Å². The zero-order chi connectivity index (χ0) is 15.8. The quantitative estimate of drug-likeness (QED) is 0.313. The van der Waals surface area contributed by atoms with Gasteiger partial charge in [-0.05, 0) is 30.5 Å². The Morgan fingerprint density at radius 3 is 2.43 bits per heavy atom. The largest absolute Gasteiger partial charge is 0.383 e. The van der Waals surface area contributed by atoms with Crippen molar-refractivity contribution in [2.24, 2.45) is 4.99 Å². The molecule has 1 fully saturated rings. The molecule has 0 unspecified atom stereocenters. The Hall–Kier alpha value is -0.890. The van der Waals surface area contributed by atoms with E-state index in [2.05, 4.69) is 15.6 Å². The molecule has 1 saturated carbocycles. The van der Waals surface area contributed by atoms with Gasteiger partial charge in [-0.1, -0.05) is 25.0 Å². The first-order valence-corrected chi connectivity index (χ1v) is 7.90. The van der Waals surface area contributed by atoms with E-state index in [1.165, 1.54) is 18.4 Å². The molecule has 130 valence electrons. The number of nitrogens with one attached hydrogen (secondary N) is 2. The molecule has 23 heavy (non-hydrogen) atoms. The van der Waals surface area contributed by atoms with Gasteiger partial charge in [-0.15, -0.1) is 24.0 Å². The summed E-state index contributed by atoms with van der Waals surface area (Å²) < 4.78 is 18.2. The minimum absolute atomic E-state index is 0. The molecule has 0 atom stereocenters. The molecule has 1 aromatic carbocycles. The van der Waals surface area contributed by atoms with Crippen LogP contribution in [0.5, 0.6) is 0 Å². The number of rotatable bonds is 6. The van der Waals surface area contributed by atoms with Crippen molar-refractivity contribution in [2.75, 3.05) is 33.9 Å². The highest BCUT2D eigenvalue weighted by atomic mass is 127. The predicted octanol–water partition coefficient (Wildman–Crippen LogP) is 3.07. The third-order valence-corrected chi connectivity index (χ3v) is 4.43. The lowest BCUT2D eigenvalue weighted by atomic mass is 9.79. The van der Waals surface area contributed by atoms with Crippen LogP contribution in [-0.2, 0) is 10.2 Å². The van der Waals surface area contributed by atoms with Crippen molar-refractivity contribution in [2.45, 2.75) is 31.1 Å². The molecule has 1 aromatic rings. The maximum Gasteiger partial charge on any atom is 0.191 e. The van der Waals surface area contributed by atoms with E-state index in [-0.39, 0.29) is 35.2 Å². The predicted molar refractivity (Wildman–Crippen MR) is 103 cm³/mol. The number of methoxy groups -OCH3 is 1. The van der Waals surface area contributed by atoms with Gasteiger partial charge in [0.15, 0.2) is 5.96 Å². The maximum atomic E-state index is 13.2. The molecule has 2 N–H and O–H groups in total. The standard InChI is InChI=1S/C17H26FN3O.HI/c1-19-16(20-11-12-22-2)21-13-17(9-3-4-10-17)14-5-7-15(18)8-6-14;/h5-8H,3-4,9-13H2,1-2H3,(H2,19,20,21);1H. The summed E-state index contributed by atoms with van der Waals surface area (Å²) in [6, 6.07) is 6.95. The first kappa shape index (κ1) is 20.2. The first-order chi connectivity index (χ1) is 10.7. The fraction of sp³-hybridized carbons (Fsp3) is 0.588. The highest BCUT2D eigenvalue weighted by molar-refractivity contribution is 14.0. The second-order valence-electron chi connectivity index (χ2n) is 5.84. The Labute approximate surface area is 155 Å². The van der Waals surface area contributed by atoms with E-state index >= 15 is 0 Å². The van der Waals surface area contributed by atoms with Gasteiger partial charge in [0.1, 0.15) is 5.82 Å². The van der Waals surface area contributed by atoms with Crippen molar-refractivity contribution in [1.82, 2.24) is 10.6 Å². The van der Waals surface area contributed by atoms with E-state index in [1.807, 2.05) is 12.1 Å². The first-order valence-electron chi connectivity index (χ1n) is 7.90. The summed E-state index contributed by atoms with van der Waals surface area (Å²) in [7, 11) is 3.45. The number of aliphatic imine (C=N–C) groups is 1. The van der Waals surface area contributed by atoms with Gasteiger partial charge in [0, 0.05) is 32.7 Å². The van der Waals surface area contributed by atoms with Crippen LogP contribution in [0.3, 0.4) is 0 Å². The summed E-state index contributed by atoms with van der Waals surface area (Å²) in [5.41, 5.74) is 1.29. The molecule has 2 rings (SSSR count). The number of hydrogen-bond acceptors (Lipinski definition) is 2. The van der Waals surface area contributed by atoms with Gasteiger partial charge in [-0.2, -0.15) is 0 Å². The van der Waals surface area contributed by atoms with Crippen molar-refractivity contribution in [1.29, 1.82) is 0 Å². The lowest BCUT2D eigenvalue weighted by molar-refractivity contribution is 0.203. The van der Waals surface area contributed by atoms with Crippen molar-refractivity contribution in [3.63, 3.8) is 0 Å². The highest BCUT2D eigenvalue weighted by Gasteiger charge is 2.35. The highest BCUT2D eigenvalue weighted by Crippen LogP contribution is 2.40. The third kappa shape index (κ3) is 5.60. The van der Waals surface area contributed by atoms with E-state index in [4.69, 9.17) is 4.74 Å². The molecular formula is C17H27FIN3O. The van der Waals surface area contributed by atoms with Crippen molar-refractivity contribution in [3.05, 3.63) is 35.6 Å².